The Morgan fingerprint density at radius 1 is 1.33 bits per heavy atom. The van der Waals surface area contributed by atoms with E-state index in [0.29, 0.717) is 25.1 Å². The summed E-state index contributed by atoms with van der Waals surface area (Å²) >= 11 is 0. The second-order valence-electron chi connectivity index (χ2n) is 6.96. The average Bonchev–Trinajstić information content (AvgIpc) is 3.07. The number of ether oxygens (including phenoxy) is 1. The van der Waals surface area contributed by atoms with Crippen LogP contribution in [0.15, 0.2) is 23.2 Å². The molecule has 5 nitrogen and oxygen atoms in total. The smallest absolute Gasteiger partial charge is 0.129 e. The zero-order valence-electron chi connectivity index (χ0n) is 13.6. The SMILES string of the molecule is CC1=NC2CN(C3CO[C@H](c4cc(F)ccc4F)C(N)C3)CC2N1. The van der Waals surface area contributed by atoms with Gasteiger partial charge in [0.25, 0.3) is 0 Å². The summed E-state index contributed by atoms with van der Waals surface area (Å²) in [5.41, 5.74) is 6.45. The predicted molar refractivity (Wildman–Crippen MR) is 86.8 cm³/mol. The summed E-state index contributed by atoms with van der Waals surface area (Å²) in [6, 6.07) is 3.89. The molecule has 3 heterocycles. The van der Waals surface area contributed by atoms with E-state index >= 15 is 0 Å². The largest absolute Gasteiger partial charge is 0.370 e. The summed E-state index contributed by atoms with van der Waals surface area (Å²) in [5, 5.41) is 3.39. The van der Waals surface area contributed by atoms with Crippen molar-refractivity contribution in [2.75, 3.05) is 19.7 Å². The number of hydrogen-bond acceptors (Lipinski definition) is 5. The van der Waals surface area contributed by atoms with Gasteiger partial charge in [-0.2, -0.15) is 0 Å². The lowest BCUT2D eigenvalue weighted by molar-refractivity contribution is -0.0475. The number of fused-ring (bicyclic) bond motifs is 1. The fourth-order valence-corrected chi connectivity index (χ4v) is 4.09. The molecule has 24 heavy (non-hydrogen) atoms. The van der Waals surface area contributed by atoms with Crippen molar-refractivity contribution in [2.24, 2.45) is 10.7 Å². The first-order valence-electron chi connectivity index (χ1n) is 8.38. The van der Waals surface area contributed by atoms with Crippen molar-refractivity contribution >= 4 is 5.84 Å². The molecule has 7 heteroatoms. The molecule has 0 aromatic heterocycles. The van der Waals surface area contributed by atoms with Crippen LogP contribution in [0, 0.1) is 11.6 Å². The quantitative estimate of drug-likeness (QED) is 0.852. The van der Waals surface area contributed by atoms with E-state index in [4.69, 9.17) is 10.5 Å². The molecule has 0 bridgehead atoms. The Hall–Kier alpha value is -1.57. The second kappa shape index (κ2) is 6.06. The van der Waals surface area contributed by atoms with Gasteiger partial charge in [-0.05, 0) is 31.5 Å². The molecule has 0 aliphatic carbocycles. The van der Waals surface area contributed by atoms with Crippen LogP contribution >= 0.6 is 0 Å². The number of halogens is 2. The third kappa shape index (κ3) is 2.81. The van der Waals surface area contributed by atoms with Crippen LogP contribution in [0.5, 0.6) is 0 Å². The van der Waals surface area contributed by atoms with Crippen LogP contribution in [0.4, 0.5) is 8.78 Å². The molecular weight excluding hydrogens is 314 g/mol. The Balaban J connectivity index is 1.43. The van der Waals surface area contributed by atoms with Crippen molar-refractivity contribution in [3.63, 3.8) is 0 Å². The molecule has 3 aliphatic heterocycles. The number of aliphatic imine (C=N–C) groups is 1. The third-order valence-electron chi connectivity index (χ3n) is 5.25. The summed E-state index contributed by atoms with van der Waals surface area (Å²) in [6.07, 6.45) is 0.0976. The van der Waals surface area contributed by atoms with Crippen LogP contribution in [-0.4, -0.2) is 54.6 Å². The second-order valence-corrected chi connectivity index (χ2v) is 6.96. The molecule has 5 atom stereocenters. The lowest BCUT2D eigenvalue weighted by Crippen LogP contribution is -2.49. The maximum Gasteiger partial charge on any atom is 0.129 e. The minimum absolute atomic E-state index is 0.191. The molecule has 0 saturated carbocycles. The third-order valence-corrected chi connectivity index (χ3v) is 5.25. The molecule has 0 amide bonds. The Morgan fingerprint density at radius 2 is 2.17 bits per heavy atom. The molecule has 0 spiro atoms. The molecule has 2 fully saturated rings. The van der Waals surface area contributed by atoms with E-state index in [0.717, 1.165) is 31.1 Å². The highest BCUT2D eigenvalue weighted by Crippen LogP contribution is 2.33. The highest BCUT2D eigenvalue weighted by atomic mass is 19.1. The van der Waals surface area contributed by atoms with Gasteiger partial charge < -0.3 is 15.8 Å². The highest BCUT2D eigenvalue weighted by Gasteiger charge is 2.42. The highest BCUT2D eigenvalue weighted by molar-refractivity contribution is 5.82. The standard InChI is InChI=1S/C17H22F2N4O/c1-9-21-15-6-23(7-16(15)22-9)11-5-14(20)17(24-8-11)12-4-10(18)2-3-13(12)19/h2-4,11,14-17H,5-8,20H2,1H3,(H,21,22)/t11?,14?,15?,16?,17-/m1/s1. The average molecular weight is 336 g/mol. The van der Waals surface area contributed by atoms with Gasteiger partial charge in [-0.3, -0.25) is 9.89 Å². The van der Waals surface area contributed by atoms with Crippen molar-refractivity contribution in [2.45, 2.75) is 43.6 Å². The molecule has 2 saturated heterocycles. The van der Waals surface area contributed by atoms with E-state index in [1.807, 2.05) is 6.92 Å². The van der Waals surface area contributed by atoms with Crippen LogP contribution in [0.2, 0.25) is 0 Å². The van der Waals surface area contributed by atoms with Gasteiger partial charge >= 0.3 is 0 Å². The Kier molecular flexibility index (Phi) is 4.02. The number of nitrogens with zero attached hydrogens (tertiary/aromatic N) is 2. The first-order chi connectivity index (χ1) is 11.5. The van der Waals surface area contributed by atoms with E-state index < -0.39 is 17.7 Å². The van der Waals surface area contributed by atoms with Crippen LogP contribution in [0.25, 0.3) is 0 Å². The van der Waals surface area contributed by atoms with E-state index in [1.165, 1.54) is 6.07 Å². The number of nitrogens with two attached hydrogens (primary N) is 1. The van der Waals surface area contributed by atoms with Crippen molar-refractivity contribution in [3.05, 3.63) is 35.4 Å². The summed E-state index contributed by atoms with van der Waals surface area (Å²) in [6.45, 7) is 4.25. The first-order valence-corrected chi connectivity index (χ1v) is 8.38. The van der Waals surface area contributed by atoms with Gasteiger partial charge in [-0.15, -0.1) is 0 Å². The monoisotopic (exact) mass is 336 g/mol. The topological polar surface area (TPSA) is 62.9 Å². The van der Waals surface area contributed by atoms with E-state index in [-0.39, 0.29) is 17.6 Å². The van der Waals surface area contributed by atoms with Gasteiger partial charge in [0.05, 0.1) is 24.5 Å². The van der Waals surface area contributed by atoms with Crippen LogP contribution in [-0.2, 0) is 4.74 Å². The Bertz CT molecular complexity index is 668. The normalized spacial score (nSPS) is 36.3. The molecule has 0 radical (unpaired) electrons. The maximum atomic E-state index is 14.0. The molecule has 4 unspecified atom stereocenters. The summed E-state index contributed by atoms with van der Waals surface area (Å²) in [5.74, 6) is 0.0545. The number of amidine groups is 1. The first kappa shape index (κ1) is 15.9. The van der Waals surface area contributed by atoms with Gasteiger partial charge in [0.1, 0.15) is 17.7 Å². The number of likely N-dealkylation sites (tertiary alicyclic amines) is 1. The molecule has 3 aliphatic rings. The molecule has 1 aromatic rings. The number of nitrogens with one attached hydrogen (secondary N) is 1. The molecule has 1 aromatic carbocycles. The predicted octanol–water partition coefficient (Wildman–Crippen LogP) is 1.20. The lowest BCUT2D eigenvalue weighted by atomic mass is 9.93. The maximum absolute atomic E-state index is 14.0. The number of hydrogen-bond donors (Lipinski definition) is 2. The van der Waals surface area contributed by atoms with Crippen LogP contribution in [0.3, 0.4) is 0 Å². The Morgan fingerprint density at radius 3 is 2.92 bits per heavy atom. The minimum atomic E-state index is -0.600. The van der Waals surface area contributed by atoms with Crippen molar-refractivity contribution in [1.29, 1.82) is 0 Å². The minimum Gasteiger partial charge on any atom is -0.370 e. The van der Waals surface area contributed by atoms with Crippen LogP contribution in [0.1, 0.15) is 25.0 Å². The summed E-state index contributed by atoms with van der Waals surface area (Å²) in [4.78, 5) is 6.94. The van der Waals surface area contributed by atoms with Gasteiger partial charge in [0, 0.05) is 30.7 Å². The van der Waals surface area contributed by atoms with Crippen molar-refractivity contribution in [3.8, 4) is 0 Å². The summed E-state index contributed by atoms with van der Waals surface area (Å²) in [7, 11) is 0. The molecular formula is C17H22F2N4O. The van der Waals surface area contributed by atoms with Gasteiger partial charge in [-0.25, -0.2) is 8.78 Å². The van der Waals surface area contributed by atoms with Crippen molar-refractivity contribution < 1.29 is 13.5 Å². The molecule has 130 valence electrons. The zero-order valence-corrected chi connectivity index (χ0v) is 13.6. The number of rotatable bonds is 2. The van der Waals surface area contributed by atoms with Gasteiger partial charge in [-0.1, -0.05) is 0 Å². The molecule has 3 N–H and O–H groups in total. The number of benzene rings is 1. The van der Waals surface area contributed by atoms with Crippen LogP contribution < -0.4 is 11.1 Å². The molecule has 4 rings (SSSR count). The zero-order chi connectivity index (χ0) is 16.8. The fraction of sp³-hybridized carbons (Fsp3) is 0.588. The van der Waals surface area contributed by atoms with Gasteiger partial charge in [0.2, 0.25) is 0 Å². The van der Waals surface area contributed by atoms with Crippen molar-refractivity contribution in [1.82, 2.24) is 10.2 Å². The van der Waals surface area contributed by atoms with E-state index in [2.05, 4.69) is 15.2 Å². The van der Waals surface area contributed by atoms with E-state index in [9.17, 15) is 8.78 Å². The fourth-order valence-electron chi connectivity index (χ4n) is 4.09. The Labute approximate surface area is 139 Å². The van der Waals surface area contributed by atoms with E-state index in [1.54, 1.807) is 0 Å². The lowest BCUT2D eigenvalue weighted by Gasteiger charge is -2.38. The summed E-state index contributed by atoms with van der Waals surface area (Å²) < 4.78 is 33.3. The van der Waals surface area contributed by atoms with Gasteiger partial charge in [0.15, 0.2) is 0 Å².